The number of aliphatic hydroxyl groups is 2. The Bertz CT molecular complexity index is 349. The lowest BCUT2D eigenvalue weighted by Gasteiger charge is -2.25. The Morgan fingerprint density at radius 2 is 1.94 bits per heavy atom. The summed E-state index contributed by atoms with van der Waals surface area (Å²) in [5.41, 5.74) is -0.193. The van der Waals surface area contributed by atoms with Crippen LogP contribution in [-0.4, -0.2) is 28.3 Å². The molecule has 0 fully saturated rings. The summed E-state index contributed by atoms with van der Waals surface area (Å²) in [6.07, 6.45) is -1.20. The summed E-state index contributed by atoms with van der Waals surface area (Å²) < 4.78 is 0. The second-order valence-electron chi connectivity index (χ2n) is 4.34. The normalized spacial score (nSPS) is 13.2. The van der Waals surface area contributed by atoms with Crippen molar-refractivity contribution >= 4 is 5.91 Å². The zero-order valence-electron chi connectivity index (χ0n) is 9.47. The molecule has 0 heterocycles. The van der Waals surface area contributed by atoms with Gasteiger partial charge in [0.2, 0.25) is 0 Å². The minimum Gasteiger partial charge on any atom is -0.394 e. The van der Waals surface area contributed by atoms with E-state index >= 15 is 0 Å². The molecule has 1 aromatic rings. The van der Waals surface area contributed by atoms with E-state index in [0.717, 1.165) is 0 Å². The highest BCUT2D eigenvalue weighted by Crippen LogP contribution is 2.13. The van der Waals surface area contributed by atoms with Crippen molar-refractivity contribution in [2.45, 2.75) is 25.5 Å². The molecule has 0 radical (unpaired) electrons. The Morgan fingerprint density at radius 1 is 1.38 bits per heavy atom. The first-order chi connectivity index (χ1) is 7.46. The van der Waals surface area contributed by atoms with Gasteiger partial charge in [-0.15, -0.1) is 0 Å². The number of hydrogen-bond donors (Lipinski definition) is 3. The van der Waals surface area contributed by atoms with Crippen LogP contribution in [0, 0.1) is 0 Å². The molecule has 16 heavy (non-hydrogen) atoms. The van der Waals surface area contributed by atoms with Crippen molar-refractivity contribution in [3.63, 3.8) is 0 Å². The van der Waals surface area contributed by atoms with Crippen molar-refractivity contribution < 1.29 is 15.0 Å². The van der Waals surface area contributed by atoms with Crippen molar-refractivity contribution in [3.8, 4) is 0 Å². The molecule has 1 aromatic carbocycles. The average Bonchev–Trinajstić information content (AvgIpc) is 2.28. The van der Waals surface area contributed by atoms with Crippen molar-refractivity contribution in [1.82, 2.24) is 5.32 Å². The highest BCUT2D eigenvalue weighted by atomic mass is 16.3. The van der Waals surface area contributed by atoms with Crippen molar-refractivity contribution in [1.29, 1.82) is 0 Å². The lowest BCUT2D eigenvalue weighted by atomic mass is 10.0. The van der Waals surface area contributed by atoms with Crippen molar-refractivity contribution in [2.75, 3.05) is 6.61 Å². The largest absolute Gasteiger partial charge is 0.394 e. The third-order valence-electron chi connectivity index (χ3n) is 2.22. The standard InChI is InChI=1S/C12H17NO3/c1-12(2,8-14)13-11(16)10(15)9-6-4-3-5-7-9/h3-7,10,14-15H,8H2,1-2H3,(H,13,16). The highest BCUT2D eigenvalue weighted by Gasteiger charge is 2.24. The molecular formula is C12H17NO3. The Morgan fingerprint density at radius 3 is 2.44 bits per heavy atom. The van der Waals surface area contributed by atoms with E-state index in [0.29, 0.717) is 5.56 Å². The predicted octanol–water partition coefficient (Wildman–Crippen LogP) is 0.607. The molecule has 4 heteroatoms. The van der Waals surface area contributed by atoms with Gasteiger partial charge in [0.25, 0.3) is 5.91 Å². The van der Waals surface area contributed by atoms with E-state index < -0.39 is 17.6 Å². The van der Waals surface area contributed by atoms with Gasteiger partial charge in [0.15, 0.2) is 6.10 Å². The summed E-state index contributed by atoms with van der Waals surface area (Å²) in [4.78, 5) is 11.6. The van der Waals surface area contributed by atoms with Crippen LogP contribution in [0.15, 0.2) is 30.3 Å². The molecule has 0 aromatic heterocycles. The number of aliphatic hydroxyl groups excluding tert-OH is 2. The van der Waals surface area contributed by atoms with Crippen LogP contribution in [0.2, 0.25) is 0 Å². The van der Waals surface area contributed by atoms with Gasteiger partial charge < -0.3 is 15.5 Å². The van der Waals surface area contributed by atoms with E-state index in [1.54, 1.807) is 38.1 Å². The lowest BCUT2D eigenvalue weighted by Crippen LogP contribution is -2.48. The summed E-state index contributed by atoms with van der Waals surface area (Å²) in [5.74, 6) is -0.509. The van der Waals surface area contributed by atoms with Gasteiger partial charge in [-0.25, -0.2) is 0 Å². The van der Waals surface area contributed by atoms with E-state index in [-0.39, 0.29) is 6.61 Å². The second kappa shape index (κ2) is 5.09. The molecule has 0 aliphatic heterocycles. The summed E-state index contributed by atoms with van der Waals surface area (Å²) in [5, 5.41) is 21.3. The highest BCUT2D eigenvalue weighted by molar-refractivity contribution is 5.82. The number of carbonyl (C=O) groups excluding carboxylic acids is 1. The molecule has 4 nitrogen and oxygen atoms in total. The van der Waals surface area contributed by atoms with Gasteiger partial charge >= 0.3 is 0 Å². The molecule has 0 aliphatic rings. The zero-order chi connectivity index (χ0) is 12.2. The van der Waals surface area contributed by atoms with E-state index in [4.69, 9.17) is 5.11 Å². The number of amides is 1. The third kappa shape index (κ3) is 3.32. The predicted molar refractivity (Wildman–Crippen MR) is 60.7 cm³/mol. The van der Waals surface area contributed by atoms with E-state index in [9.17, 15) is 9.90 Å². The number of rotatable bonds is 4. The maximum absolute atomic E-state index is 11.6. The summed E-state index contributed by atoms with van der Waals surface area (Å²) in [6, 6.07) is 8.67. The fraction of sp³-hybridized carbons (Fsp3) is 0.417. The first-order valence-corrected chi connectivity index (χ1v) is 5.12. The van der Waals surface area contributed by atoms with Crippen LogP contribution in [0.25, 0.3) is 0 Å². The Hall–Kier alpha value is -1.39. The fourth-order valence-corrected chi connectivity index (χ4v) is 1.23. The van der Waals surface area contributed by atoms with Crippen LogP contribution in [-0.2, 0) is 4.79 Å². The maximum Gasteiger partial charge on any atom is 0.253 e. The van der Waals surface area contributed by atoms with E-state index in [2.05, 4.69) is 5.32 Å². The Balaban J connectivity index is 2.69. The molecule has 0 aliphatic carbocycles. The van der Waals surface area contributed by atoms with Gasteiger partial charge in [0, 0.05) is 0 Å². The monoisotopic (exact) mass is 223 g/mol. The molecule has 1 atom stereocenters. The van der Waals surface area contributed by atoms with Gasteiger partial charge in [0.1, 0.15) is 0 Å². The molecule has 1 unspecified atom stereocenters. The van der Waals surface area contributed by atoms with E-state index in [1.807, 2.05) is 6.07 Å². The molecule has 0 spiro atoms. The lowest BCUT2D eigenvalue weighted by molar-refractivity contribution is -0.131. The molecule has 88 valence electrons. The van der Waals surface area contributed by atoms with Gasteiger partial charge in [-0.2, -0.15) is 0 Å². The van der Waals surface area contributed by atoms with Gasteiger partial charge in [-0.1, -0.05) is 30.3 Å². The van der Waals surface area contributed by atoms with Gasteiger partial charge in [-0.3, -0.25) is 4.79 Å². The molecule has 1 amide bonds. The first-order valence-electron chi connectivity index (χ1n) is 5.12. The molecule has 0 saturated carbocycles. The maximum atomic E-state index is 11.6. The van der Waals surface area contributed by atoms with Crippen LogP contribution in [0.3, 0.4) is 0 Å². The van der Waals surface area contributed by atoms with Crippen LogP contribution in [0.4, 0.5) is 0 Å². The minimum absolute atomic E-state index is 0.180. The molecular weight excluding hydrogens is 206 g/mol. The Kier molecular flexibility index (Phi) is 4.04. The number of hydrogen-bond acceptors (Lipinski definition) is 3. The quantitative estimate of drug-likeness (QED) is 0.700. The summed E-state index contributed by atoms with van der Waals surface area (Å²) >= 11 is 0. The topological polar surface area (TPSA) is 69.6 Å². The smallest absolute Gasteiger partial charge is 0.253 e. The molecule has 0 saturated heterocycles. The molecule has 0 bridgehead atoms. The zero-order valence-corrected chi connectivity index (χ0v) is 9.47. The number of benzene rings is 1. The van der Waals surface area contributed by atoms with Crippen molar-refractivity contribution in [2.24, 2.45) is 0 Å². The van der Waals surface area contributed by atoms with E-state index in [1.165, 1.54) is 0 Å². The Labute approximate surface area is 94.9 Å². The third-order valence-corrected chi connectivity index (χ3v) is 2.22. The number of carbonyl (C=O) groups is 1. The van der Waals surface area contributed by atoms with Gasteiger partial charge in [0.05, 0.1) is 12.1 Å². The van der Waals surface area contributed by atoms with Crippen LogP contribution < -0.4 is 5.32 Å². The number of nitrogens with one attached hydrogen (secondary N) is 1. The fourth-order valence-electron chi connectivity index (χ4n) is 1.23. The van der Waals surface area contributed by atoms with Crippen LogP contribution in [0.5, 0.6) is 0 Å². The van der Waals surface area contributed by atoms with Gasteiger partial charge in [-0.05, 0) is 19.4 Å². The van der Waals surface area contributed by atoms with Crippen LogP contribution in [0.1, 0.15) is 25.5 Å². The van der Waals surface area contributed by atoms with Crippen molar-refractivity contribution in [3.05, 3.63) is 35.9 Å². The molecule has 1 rings (SSSR count). The second-order valence-corrected chi connectivity index (χ2v) is 4.34. The summed E-state index contributed by atoms with van der Waals surface area (Å²) in [7, 11) is 0. The molecule has 3 N–H and O–H groups in total. The first kappa shape index (κ1) is 12.7. The summed E-state index contributed by atoms with van der Waals surface area (Å²) in [6.45, 7) is 3.19. The minimum atomic E-state index is -1.20. The SMILES string of the molecule is CC(C)(CO)NC(=O)C(O)c1ccccc1. The average molecular weight is 223 g/mol. The van der Waals surface area contributed by atoms with Crippen LogP contribution >= 0.6 is 0 Å².